The van der Waals surface area contributed by atoms with Crippen LogP contribution in [-0.2, 0) is 0 Å². The SMILES string of the molecule is CN/N=C(\N=N)c1cc(F)ccc1Br. The molecule has 6 heteroatoms. The first kappa shape index (κ1) is 10.8. The van der Waals surface area contributed by atoms with Gasteiger partial charge in [0.05, 0.1) is 0 Å². The van der Waals surface area contributed by atoms with E-state index in [4.69, 9.17) is 5.53 Å². The normalized spacial score (nSPS) is 11.2. The van der Waals surface area contributed by atoms with Crippen molar-refractivity contribution in [3.8, 4) is 0 Å². The predicted molar refractivity (Wildman–Crippen MR) is 54.8 cm³/mol. The van der Waals surface area contributed by atoms with Gasteiger partial charge in [-0.05, 0) is 18.2 Å². The third kappa shape index (κ3) is 2.35. The minimum absolute atomic E-state index is 0.124. The molecule has 4 nitrogen and oxygen atoms in total. The van der Waals surface area contributed by atoms with Crippen molar-refractivity contribution in [1.82, 2.24) is 5.43 Å². The van der Waals surface area contributed by atoms with E-state index in [9.17, 15) is 4.39 Å². The molecule has 0 aliphatic carbocycles. The highest BCUT2D eigenvalue weighted by Gasteiger charge is 2.08. The third-order valence-corrected chi connectivity index (χ3v) is 2.18. The van der Waals surface area contributed by atoms with Crippen LogP contribution in [0.4, 0.5) is 4.39 Å². The Morgan fingerprint density at radius 3 is 2.86 bits per heavy atom. The molecule has 0 fully saturated rings. The summed E-state index contributed by atoms with van der Waals surface area (Å²) in [6.07, 6.45) is 0. The Morgan fingerprint density at radius 1 is 1.57 bits per heavy atom. The molecule has 1 rings (SSSR count). The standard InChI is InChI=1S/C8H8BrFN4/c1-12-14-8(13-11)6-4-5(10)2-3-7(6)9/h2-4,11-12H,1H3/b13-11?,14-8-. The maximum atomic E-state index is 12.9. The number of hydrazone groups is 1. The lowest BCUT2D eigenvalue weighted by atomic mass is 10.2. The van der Waals surface area contributed by atoms with E-state index < -0.39 is 5.82 Å². The minimum Gasteiger partial charge on any atom is -0.311 e. The Balaban J connectivity index is 3.22. The van der Waals surface area contributed by atoms with Gasteiger partial charge in [0, 0.05) is 17.1 Å². The van der Waals surface area contributed by atoms with Crippen LogP contribution in [0.15, 0.2) is 32.9 Å². The summed E-state index contributed by atoms with van der Waals surface area (Å²) >= 11 is 3.22. The van der Waals surface area contributed by atoms with E-state index in [2.05, 4.69) is 31.6 Å². The van der Waals surface area contributed by atoms with Gasteiger partial charge in [-0.15, -0.1) is 5.11 Å². The Labute approximate surface area is 88.8 Å². The maximum absolute atomic E-state index is 12.9. The van der Waals surface area contributed by atoms with Gasteiger partial charge >= 0.3 is 0 Å². The molecule has 0 aliphatic rings. The smallest absolute Gasteiger partial charge is 0.201 e. The Kier molecular flexibility index (Phi) is 3.70. The van der Waals surface area contributed by atoms with Crippen molar-refractivity contribution >= 4 is 21.8 Å². The lowest BCUT2D eigenvalue weighted by Gasteiger charge is -2.02. The lowest BCUT2D eigenvalue weighted by Crippen LogP contribution is -2.05. The van der Waals surface area contributed by atoms with Gasteiger partial charge in [-0.25, -0.2) is 9.92 Å². The molecule has 0 saturated carbocycles. The Bertz CT molecular complexity index is 378. The van der Waals surface area contributed by atoms with Crippen molar-refractivity contribution < 1.29 is 4.39 Å². The zero-order chi connectivity index (χ0) is 10.6. The van der Waals surface area contributed by atoms with Crippen molar-refractivity contribution in [2.75, 3.05) is 7.05 Å². The van der Waals surface area contributed by atoms with E-state index in [1.165, 1.54) is 12.1 Å². The predicted octanol–water partition coefficient (Wildman–Crippen LogP) is 2.50. The van der Waals surface area contributed by atoms with Crippen molar-refractivity contribution in [1.29, 1.82) is 5.53 Å². The van der Waals surface area contributed by atoms with Crippen LogP contribution in [0.5, 0.6) is 0 Å². The van der Waals surface area contributed by atoms with E-state index in [0.717, 1.165) is 0 Å². The molecule has 0 saturated heterocycles. The summed E-state index contributed by atoms with van der Waals surface area (Å²) in [5.74, 6) is -0.269. The first-order valence-corrected chi connectivity index (χ1v) is 4.55. The molecule has 0 heterocycles. The van der Waals surface area contributed by atoms with Crippen LogP contribution < -0.4 is 5.43 Å². The van der Waals surface area contributed by atoms with Crippen LogP contribution in [0.25, 0.3) is 0 Å². The van der Waals surface area contributed by atoms with Crippen molar-refractivity contribution in [3.05, 3.63) is 34.1 Å². The minimum atomic E-state index is -0.393. The summed E-state index contributed by atoms with van der Waals surface area (Å²) in [6.45, 7) is 0. The summed E-state index contributed by atoms with van der Waals surface area (Å²) in [4.78, 5) is 0. The Morgan fingerprint density at radius 2 is 2.29 bits per heavy atom. The highest BCUT2D eigenvalue weighted by molar-refractivity contribution is 9.10. The van der Waals surface area contributed by atoms with Gasteiger partial charge in [-0.2, -0.15) is 5.10 Å². The summed E-state index contributed by atoms with van der Waals surface area (Å²) < 4.78 is 13.5. The molecule has 0 spiro atoms. The van der Waals surface area contributed by atoms with Gasteiger partial charge in [-0.1, -0.05) is 15.9 Å². The molecule has 0 aliphatic heterocycles. The fraction of sp³-hybridized carbons (Fsp3) is 0.125. The molecule has 1 aromatic rings. The average molecular weight is 259 g/mol. The largest absolute Gasteiger partial charge is 0.311 e. The number of nitrogens with one attached hydrogen (secondary N) is 2. The van der Waals surface area contributed by atoms with Crippen LogP contribution in [0.3, 0.4) is 0 Å². The molecule has 0 atom stereocenters. The zero-order valence-corrected chi connectivity index (χ0v) is 8.97. The van der Waals surface area contributed by atoms with E-state index in [1.807, 2.05) is 0 Å². The van der Waals surface area contributed by atoms with Crippen LogP contribution in [0.1, 0.15) is 5.56 Å². The summed E-state index contributed by atoms with van der Waals surface area (Å²) in [6, 6.07) is 4.12. The molecular weight excluding hydrogens is 251 g/mol. The van der Waals surface area contributed by atoms with E-state index in [1.54, 1.807) is 13.1 Å². The van der Waals surface area contributed by atoms with Crippen molar-refractivity contribution in [3.63, 3.8) is 0 Å². The number of rotatable bonds is 2. The second-order valence-corrected chi connectivity index (χ2v) is 3.25. The van der Waals surface area contributed by atoms with Gasteiger partial charge in [-0.3, -0.25) is 0 Å². The summed E-state index contributed by atoms with van der Waals surface area (Å²) in [5.41, 5.74) is 9.81. The number of amidine groups is 1. The van der Waals surface area contributed by atoms with Gasteiger partial charge < -0.3 is 5.43 Å². The number of nitrogens with zero attached hydrogens (tertiary/aromatic N) is 2. The highest BCUT2D eigenvalue weighted by Crippen LogP contribution is 2.18. The molecular formula is C8H8BrFN4. The fourth-order valence-corrected chi connectivity index (χ4v) is 1.34. The fourth-order valence-electron chi connectivity index (χ4n) is 0.920. The quantitative estimate of drug-likeness (QED) is 0.364. The molecule has 74 valence electrons. The van der Waals surface area contributed by atoms with Gasteiger partial charge in [0.1, 0.15) is 5.82 Å². The second-order valence-electron chi connectivity index (χ2n) is 2.39. The molecule has 0 aromatic heterocycles. The monoisotopic (exact) mass is 258 g/mol. The number of benzene rings is 1. The number of halogens is 2. The van der Waals surface area contributed by atoms with Gasteiger partial charge in [0.2, 0.25) is 5.84 Å². The van der Waals surface area contributed by atoms with Crippen LogP contribution in [0.2, 0.25) is 0 Å². The maximum Gasteiger partial charge on any atom is 0.201 e. The molecule has 0 radical (unpaired) electrons. The summed E-state index contributed by atoms with van der Waals surface area (Å²) in [7, 11) is 1.58. The van der Waals surface area contributed by atoms with Crippen molar-refractivity contribution in [2.45, 2.75) is 0 Å². The van der Waals surface area contributed by atoms with E-state index >= 15 is 0 Å². The second kappa shape index (κ2) is 4.80. The zero-order valence-electron chi connectivity index (χ0n) is 7.38. The van der Waals surface area contributed by atoms with Crippen molar-refractivity contribution in [2.24, 2.45) is 10.2 Å². The molecule has 2 N–H and O–H groups in total. The van der Waals surface area contributed by atoms with E-state index in [-0.39, 0.29) is 5.84 Å². The number of hydrogen-bond donors (Lipinski definition) is 2. The van der Waals surface area contributed by atoms with E-state index in [0.29, 0.717) is 10.0 Å². The molecule has 14 heavy (non-hydrogen) atoms. The first-order chi connectivity index (χ1) is 6.69. The third-order valence-electron chi connectivity index (χ3n) is 1.49. The van der Waals surface area contributed by atoms with Gasteiger partial charge in [0.25, 0.3) is 0 Å². The lowest BCUT2D eigenvalue weighted by molar-refractivity contribution is 0.627. The Hall–Kier alpha value is -1.30. The molecule has 1 aromatic carbocycles. The van der Waals surface area contributed by atoms with Crippen LogP contribution in [0, 0.1) is 11.3 Å². The molecule has 0 bridgehead atoms. The van der Waals surface area contributed by atoms with Crippen LogP contribution >= 0.6 is 15.9 Å². The average Bonchev–Trinajstić information content (AvgIpc) is 2.18. The topological polar surface area (TPSA) is 60.6 Å². The van der Waals surface area contributed by atoms with Gasteiger partial charge in [0.15, 0.2) is 0 Å². The number of hydrogen-bond acceptors (Lipinski definition) is 3. The highest BCUT2D eigenvalue weighted by atomic mass is 79.9. The summed E-state index contributed by atoms with van der Waals surface area (Å²) in [5, 5.41) is 6.92. The van der Waals surface area contributed by atoms with Crippen LogP contribution in [-0.4, -0.2) is 12.9 Å². The molecule has 0 unspecified atom stereocenters. The molecule has 0 amide bonds. The first-order valence-electron chi connectivity index (χ1n) is 3.76.